The van der Waals surface area contributed by atoms with Gasteiger partial charge in [0.1, 0.15) is 0 Å². The molecule has 1 aliphatic rings. The Hall–Kier alpha value is -4.04. The van der Waals surface area contributed by atoms with Crippen molar-refractivity contribution >= 4 is 28.6 Å². The van der Waals surface area contributed by atoms with Crippen molar-refractivity contribution in [1.82, 2.24) is 15.0 Å². The summed E-state index contributed by atoms with van der Waals surface area (Å²) in [5.74, 6) is -0.564. The van der Waals surface area contributed by atoms with Crippen LogP contribution in [-0.2, 0) is 11.3 Å². The van der Waals surface area contributed by atoms with Crippen molar-refractivity contribution in [2.24, 2.45) is 5.73 Å². The highest BCUT2D eigenvalue weighted by Gasteiger charge is 2.28. The Kier molecular flexibility index (Phi) is 5.81. The number of aryl methyl sites for hydroxylation is 1. The number of hydrogen-bond donors (Lipinski definition) is 2. The number of aromatic nitrogens is 2. The number of anilines is 1. The Morgan fingerprint density at radius 2 is 1.97 bits per heavy atom. The fourth-order valence-corrected chi connectivity index (χ4v) is 4.55. The maximum absolute atomic E-state index is 13.4. The maximum Gasteiger partial charge on any atom is 0.259 e. The highest BCUT2D eigenvalue weighted by molar-refractivity contribution is 6.13. The molecule has 2 aromatic carbocycles. The zero-order chi connectivity index (χ0) is 23.7. The van der Waals surface area contributed by atoms with Crippen molar-refractivity contribution in [3.05, 3.63) is 77.5 Å². The normalized spacial score (nSPS) is 16.1. The fraction of sp³-hybridized carbons (Fsp3) is 0.231. The van der Waals surface area contributed by atoms with Gasteiger partial charge < -0.3 is 15.6 Å². The first-order chi connectivity index (χ1) is 16.5. The molecule has 2 amide bonds. The Morgan fingerprint density at radius 1 is 1.15 bits per heavy atom. The monoisotopic (exact) mass is 455 g/mol. The van der Waals surface area contributed by atoms with Crippen molar-refractivity contribution in [2.75, 3.05) is 11.9 Å². The Bertz CT molecular complexity index is 1370. The third-order valence-electron chi connectivity index (χ3n) is 6.19. The van der Waals surface area contributed by atoms with Crippen LogP contribution >= 0.6 is 0 Å². The molecule has 5 rings (SSSR count). The van der Waals surface area contributed by atoms with Crippen LogP contribution in [0, 0.1) is 6.92 Å². The smallest absolute Gasteiger partial charge is 0.259 e. The number of amides is 2. The summed E-state index contributed by atoms with van der Waals surface area (Å²) < 4.78 is 5.39. The first kappa shape index (κ1) is 21.8. The van der Waals surface area contributed by atoms with Crippen LogP contribution in [0.5, 0.6) is 0 Å². The molecule has 172 valence electrons. The molecule has 2 aromatic heterocycles. The number of nitrogens with two attached hydrogens (primary N) is 1. The Labute approximate surface area is 196 Å². The van der Waals surface area contributed by atoms with E-state index in [9.17, 15) is 9.59 Å². The summed E-state index contributed by atoms with van der Waals surface area (Å²) in [7, 11) is 0. The highest BCUT2D eigenvalue weighted by atomic mass is 16.5. The van der Waals surface area contributed by atoms with E-state index < -0.39 is 0 Å². The first-order valence-electron chi connectivity index (χ1n) is 11.3. The van der Waals surface area contributed by atoms with Gasteiger partial charge in [-0.1, -0.05) is 47.6 Å². The number of likely N-dealkylation sites (tertiary alicyclic amines) is 1. The third-order valence-corrected chi connectivity index (χ3v) is 6.19. The number of benzene rings is 2. The number of nitrogens with zero attached hydrogens (tertiary/aromatic N) is 3. The van der Waals surface area contributed by atoms with Gasteiger partial charge in [0.15, 0.2) is 0 Å². The van der Waals surface area contributed by atoms with Gasteiger partial charge >= 0.3 is 0 Å². The van der Waals surface area contributed by atoms with E-state index in [0.717, 1.165) is 30.5 Å². The SMILES string of the molecule is Cc1noc2nc(-c3ccccc3)cc(C(=O)Nc3cccc(CN4CCCC4C(N)=O)c3)c12. The second-order valence-electron chi connectivity index (χ2n) is 8.55. The summed E-state index contributed by atoms with van der Waals surface area (Å²) in [6.07, 6.45) is 1.73. The number of pyridine rings is 1. The summed E-state index contributed by atoms with van der Waals surface area (Å²) >= 11 is 0. The van der Waals surface area contributed by atoms with Crippen molar-refractivity contribution in [1.29, 1.82) is 0 Å². The second-order valence-corrected chi connectivity index (χ2v) is 8.55. The molecule has 0 aliphatic carbocycles. The van der Waals surface area contributed by atoms with E-state index in [1.54, 1.807) is 13.0 Å². The summed E-state index contributed by atoms with van der Waals surface area (Å²) in [6, 6.07) is 18.8. The van der Waals surface area contributed by atoms with E-state index in [-0.39, 0.29) is 17.9 Å². The summed E-state index contributed by atoms with van der Waals surface area (Å²) in [5.41, 5.74) is 10.1. The summed E-state index contributed by atoms with van der Waals surface area (Å²) in [5, 5.41) is 7.60. The van der Waals surface area contributed by atoms with Crippen LogP contribution in [-0.4, -0.2) is 39.4 Å². The van der Waals surface area contributed by atoms with Crippen LogP contribution < -0.4 is 11.1 Å². The van der Waals surface area contributed by atoms with Crippen LogP contribution in [0.25, 0.3) is 22.4 Å². The maximum atomic E-state index is 13.4. The average Bonchev–Trinajstić information content (AvgIpc) is 3.46. The molecule has 1 unspecified atom stereocenters. The number of hydrogen-bond acceptors (Lipinski definition) is 6. The quantitative estimate of drug-likeness (QED) is 0.456. The average molecular weight is 456 g/mol. The molecule has 1 aliphatic heterocycles. The number of fused-ring (bicyclic) bond motifs is 1. The van der Waals surface area contributed by atoms with Crippen LogP contribution in [0.1, 0.15) is 34.5 Å². The number of rotatable bonds is 6. The topological polar surface area (TPSA) is 114 Å². The molecule has 1 atom stereocenters. The zero-order valence-electron chi connectivity index (χ0n) is 18.8. The van der Waals surface area contributed by atoms with Crippen LogP contribution in [0.15, 0.2) is 65.2 Å². The van der Waals surface area contributed by atoms with Crippen LogP contribution in [0.3, 0.4) is 0 Å². The van der Waals surface area contributed by atoms with E-state index in [1.165, 1.54) is 0 Å². The van der Waals surface area contributed by atoms with Crippen molar-refractivity contribution in [3.63, 3.8) is 0 Å². The standard InChI is InChI=1S/C26H25N5O3/c1-16-23-20(14-21(29-26(23)34-30-16)18-8-3-2-4-9-18)25(33)28-19-10-5-7-17(13-19)15-31-12-6-11-22(31)24(27)32/h2-5,7-10,13-14,22H,6,11-12,15H2,1H3,(H2,27,32)(H,28,33). The van der Waals surface area contributed by atoms with Gasteiger partial charge in [-0.05, 0) is 50.1 Å². The molecule has 3 N–H and O–H groups in total. The molecule has 8 nitrogen and oxygen atoms in total. The van der Waals surface area contributed by atoms with Gasteiger partial charge in [0.25, 0.3) is 11.6 Å². The van der Waals surface area contributed by atoms with Gasteiger partial charge in [0.05, 0.1) is 28.4 Å². The molecule has 0 bridgehead atoms. The van der Waals surface area contributed by atoms with Crippen LogP contribution in [0.4, 0.5) is 5.69 Å². The number of primary amides is 1. The van der Waals surface area contributed by atoms with Gasteiger partial charge in [0.2, 0.25) is 5.91 Å². The molecule has 1 fully saturated rings. The molecule has 8 heteroatoms. The minimum atomic E-state index is -0.290. The molecular formula is C26H25N5O3. The molecule has 0 radical (unpaired) electrons. The number of nitrogens with one attached hydrogen (secondary N) is 1. The van der Waals surface area contributed by atoms with E-state index in [0.29, 0.717) is 40.3 Å². The van der Waals surface area contributed by atoms with Gasteiger partial charge in [-0.3, -0.25) is 14.5 Å². The Balaban J connectivity index is 1.42. The highest BCUT2D eigenvalue weighted by Crippen LogP contribution is 2.28. The first-order valence-corrected chi connectivity index (χ1v) is 11.3. The van der Waals surface area contributed by atoms with Gasteiger partial charge in [-0.25, -0.2) is 4.98 Å². The Morgan fingerprint density at radius 3 is 2.76 bits per heavy atom. The second kappa shape index (κ2) is 9.07. The zero-order valence-corrected chi connectivity index (χ0v) is 18.8. The predicted octanol–water partition coefficient (Wildman–Crippen LogP) is 3.90. The predicted molar refractivity (Wildman–Crippen MR) is 129 cm³/mol. The van der Waals surface area contributed by atoms with Crippen molar-refractivity contribution in [3.8, 4) is 11.3 Å². The molecule has 4 aromatic rings. The lowest BCUT2D eigenvalue weighted by Crippen LogP contribution is -2.39. The number of carbonyl (C=O) groups is 2. The lowest BCUT2D eigenvalue weighted by molar-refractivity contribution is -0.122. The largest absolute Gasteiger partial charge is 0.368 e. The summed E-state index contributed by atoms with van der Waals surface area (Å²) in [4.78, 5) is 31.7. The van der Waals surface area contributed by atoms with E-state index in [4.69, 9.17) is 10.3 Å². The third kappa shape index (κ3) is 4.27. The van der Waals surface area contributed by atoms with Crippen molar-refractivity contribution in [2.45, 2.75) is 32.4 Å². The van der Waals surface area contributed by atoms with Gasteiger partial charge in [-0.15, -0.1) is 0 Å². The van der Waals surface area contributed by atoms with Crippen molar-refractivity contribution < 1.29 is 14.1 Å². The van der Waals surface area contributed by atoms with Crippen LogP contribution in [0.2, 0.25) is 0 Å². The van der Waals surface area contributed by atoms with E-state index >= 15 is 0 Å². The molecule has 1 saturated heterocycles. The lowest BCUT2D eigenvalue weighted by Gasteiger charge is -2.22. The minimum Gasteiger partial charge on any atom is -0.368 e. The fourth-order valence-electron chi connectivity index (χ4n) is 4.55. The van der Waals surface area contributed by atoms with E-state index in [1.807, 2.05) is 54.6 Å². The summed E-state index contributed by atoms with van der Waals surface area (Å²) in [6.45, 7) is 3.21. The van der Waals surface area contributed by atoms with E-state index in [2.05, 4.69) is 20.4 Å². The molecule has 3 heterocycles. The lowest BCUT2D eigenvalue weighted by atomic mass is 10.0. The molecule has 0 saturated carbocycles. The number of carbonyl (C=O) groups excluding carboxylic acids is 2. The van der Waals surface area contributed by atoms with Gasteiger partial charge in [-0.2, -0.15) is 0 Å². The molecule has 34 heavy (non-hydrogen) atoms. The molecule has 0 spiro atoms. The van der Waals surface area contributed by atoms with Gasteiger partial charge in [0, 0.05) is 17.8 Å². The minimum absolute atomic E-state index is 0.240. The molecular weight excluding hydrogens is 430 g/mol.